The third-order valence-electron chi connectivity index (χ3n) is 4.31. The van der Waals surface area contributed by atoms with Crippen molar-refractivity contribution in [3.05, 3.63) is 0 Å². The predicted octanol–water partition coefficient (Wildman–Crippen LogP) is -3.88. The van der Waals surface area contributed by atoms with Gasteiger partial charge in [0, 0.05) is 6.42 Å². The Morgan fingerprint density at radius 3 is 1.73 bits per heavy atom. The third kappa shape index (κ3) is 11.4. The number of nitrogens with one attached hydrogen (secondary N) is 3. The van der Waals surface area contributed by atoms with Gasteiger partial charge in [-0.25, -0.2) is 4.79 Å². The van der Waals surface area contributed by atoms with Gasteiger partial charge < -0.3 is 43.4 Å². The second-order valence-corrected chi connectivity index (χ2v) is 7.57. The molecule has 0 aromatic rings. The Hall–Kier alpha value is -3.75. The molecule has 0 fully saturated rings. The number of amides is 5. The third-order valence-corrected chi connectivity index (χ3v) is 4.31. The highest BCUT2D eigenvalue weighted by atomic mass is 16.4. The minimum Gasteiger partial charge on any atom is -0.481 e. The highest BCUT2D eigenvalue weighted by molar-refractivity contribution is 5.96. The molecule has 0 saturated heterocycles. The predicted molar refractivity (Wildman–Crippen MR) is 111 cm³/mol. The number of primary amides is 2. The average Bonchev–Trinajstić information content (AvgIpc) is 2.66. The van der Waals surface area contributed by atoms with Crippen LogP contribution in [0.25, 0.3) is 0 Å². The van der Waals surface area contributed by atoms with Gasteiger partial charge in [-0.3, -0.25) is 28.8 Å². The van der Waals surface area contributed by atoms with E-state index in [2.05, 4.69) is 16.0 Å². The topological polar surface area (TPSA) is 274 Å². The van der Waals surface area contributed by atoms with Crippen LogP contribution in [0.5, 0.6) is 0 Å². The van der Waals surface area contributed by atoms with Crippen molar-refractivity contribution in [2.24, 2.45) is 23.1 Å². The van der Waals surface area contributed by atoms with Gasteiger partial charge >= 0.3 is 11.9 Å². The highest BCUT2D eigenvalue weighted by Crippen LogP contribution is 2.06. The minimum atomic E-state index is -1.57. The van der Waals surface area contributed by atoms with Gasteiger partial charge in [-0.2, -0.15) is 0 Å². The molecule has 0 aromatic carbocycles. The van der Waals surface area contributed by atoms with Crippen LogP contribution < -0.4 is 33.2 Å². The summed E-state index contributed by atoms with van der Waals surface area (Å²) in [5, 5.41) is 24.6. The summed E-state index contributed by atoms with van der Waals surface area (Å²) in [4.78, 5) is 81.6. The molecule has 5 amide bonds. The van der Waals surface area contributed by atoms with Crippen LogP contribution in [0, 0.1) is 5.92 Å². The van der Waals surface area contributed by atoms with Gasteiger partial charge in [0.2, 0.25) is 29.5 Å². The van der Waals surface area contributed by atoms with Crippen LogP contribution in [0.3, 0.4) is 0 Å². The summed E-state index contributed by atoms with van der Waals surface area (Å²) in [6.07, 6.45) is -2.01. The maximum atomic E-state index is 12.7. The molecule has 4 atom stereocenters. The van der Waals surface area contributed by atoms with Crippen molar-refractivity contribution in [1.29, 1.82) is 0 Å². The molecule has 11 N–H and O–H groups in total. The molecule has 33 heavy (non-hydrogen) atoms. The first-order valence-corrected chi connectivity index (χ1v) is 9.83. The molecule has 15 nitrogen and oxygen atoms in total. The van der Waals surface area contributed by atoms with Crippen LogP contribution in [-0.2, 0) is 33.6 Å². The summed E-state index contributed by atoms with van der Waals surface area (Å²) in [5.41, 5.74) is 15.5. The van der Waals surface area contributed by atoms with Gasteiger partial charge in [0.05, 0.1) is 18.9 Å². The van der Waals surface area contributed by atoms with Crippen molar-refractivity contribution in [2.75, 3.05) is 0 Å². The van der Waals surface area contributed by atoms with E-state index in [1.807, 2.05) is 0 Å². The summed E-state index contributed by atoms with van der Waals surface area (Å²) in [7, 11) is 0. The molecule has 186 valence electrons. The molecule has 0 spiro atoms. The number of hydrogen-bond donors (Lipinski definition) is 8. The molecule has 0 heterocycles. The Balaban J connectivity index is 5.45. The lowest BCUT2D eigenvalue weighted by Crippen LogP contribution is -2.59. The first-order valence-electron chi connectivity index (χ1n) is 9.83. The number of aliphatic carboxylic acids is 2. The van der Waals surface area contributed by atoms with E-state index in [9.17, 15) is 38.7 Å². The fourth-order valence-corrected chi connectivity index (χ4v) is 2.56. The number of carboxylic acid groups (broad SMARTS) is 2. The standard InChI is InChI=1S/C18H30N6O9/c1-7(2)14(17(31)22-9(18(32)33)3-4-11(20)25)24-16(30)10(6-12(21)26)23-15(29)8(19)5-13(27)28/h7-10,14H,3-6,19H2,1-2H3,(H2,20,25)(H2,21,26)(H,22,31)(H,23,29)(H,24,30)(H,27,28)(H,32,33). The summed E-state index contributed by atoms with van der Waals surface area (Å²) in [5.74, 6) is -8.07. The van der Waals surface area contributed by atoms with Crippen molar-refractivity contribution < 1.29 is 43.8 Å². The number of carbonyl (C=O) groups is 7. The van der Waals surface area contributed by atoms with Gasteiger partial charge in [0.15, 0.2) is 0 Å². The van der Waals surface area contributed by atoms with Crippen LogP contribution in [0.4, 0.5) is 0 Å². The Morgan fingerprint density at radius 2 is 1.30 bits per heavy atom. The zero-order valence-electron chi connectivity index (χ0n) is 18.2. The normalized spacial score (nSPS) is 14.3. The monoisotopic (exact) mass is 474 g/mol. The molecular formula is C18H30N6O9. The number of carbonyl (C=O) groups excluding carboxylic acids is 5. The Bertz CT molecular complexity index is 785. The summed E-state index contributed by atoms with van der Waals surface area (Å²) >= 11 is 0. The van der Waals surface area contributed by atoms with E-state index in [4.69, 9.17) is 22.3 Å². The van der Waals surface area contributed by atoms with Crippen molar-refractivity contribution in [3.63, 3.8) is 0 Å². The Morgan fingerprint density at radius 1 is 0.758 bits per heavy atom. The number of rotatable bonds is 15. The van der Waals surface area contributed by atoms with Crippen LogP contribution in [0.2, 0.25) is 0 Å². The van der Waals surface area contributed by atoms with Crippen LogP contribution in [0.15, 0.2) is 0 Å². The maximum absolute atomic E-state index is 12.7. The lowest BCUT2D eigenvalue weighted by atomic mass is 10.0. The molecule has 0 radical (unpaired) electrons. The maximum Gasteiger partial charge on any atom is 0.326 e. The van der Waals surface area contributed by atoms with E-state index in [0.717, 1.165) is 0 Å². The summed E-state index contributed by atoms with van der Waals surface area (Å²) in [6, 6.07) is -5.85. The molecule has 0 bridgehead atoms. The van der Waals surface area contributed by atoms with Gasteiger partial charge in [-0.1, -0.05) is 13.8 Å². The lowest BCUT2D eigenvalue weighted by Gasteiger charge is -2.26. The average molecular weight is 474 g/mol. The zero-order chi connectivity index (χ0) is 25.9. The molecular weight excluding hydrogens is 444 g/mol. The van der Waals surface area contributed by atoms with Gasteiger partial charge in [0.25, 0.3) is 0 Å². The van der Waals surface area contributed by atoms with Gasteiger partial charge in [-0.15, -0.1) is 0 Å². The van der Waals surface area contributed by atoms with Crippen LogP contribution in [0.1, 0.15) is 39.5 Å². The highest BCUT2D eigenvalue weighted by Gasteiger charge is 2.32. The van der Waals surface area contributed by atoms with Crippen molar-refractivity contribution in [2.45, 2.75) is 63.7 Å². The Kier molecular flexibility index (Phi) is 12.1. The van der Waals surface area contributed by atoms with Crippen molar-refractivity contribution >= 4 is 41.5 Å². The minimum absolute atomic E-state index is 0.281. The Labute approximate surface area is 188 Å². The van der Waals surface area contributed by atoms with E-state index in [1.165, 1.54) is 13.8 Å². The summed E-state index contributed by atoms with van der Waals surface area (Å²) < 4.78 is 0. The zero-order valence-corrected chi connectivity index (χ0v) is 18.2. The van der Waals surface area contributed by atoms with E-state index >= 15 is 0 Å². The summed E-state index contributed by atoms with van der Waals surface area (Å²) in [6.45, 7) is 3.07. The molecule has 15 heteroatoms. The number of nitrogens with two attached hydrogens (primary N) is 3. The van der Waals surface area contributed by atoms with E-state index < -0.39 is 84.4 Å². The molecule has 0 aliphatic carbocycles. The molecule has 4 unspecified atom stereocenters. The molecule has 0 saturated carbocycles. The molecule has 0 aliphatic rings. The van der Waals surface area contributed by atoms with Crippen molar-refractivity contribution in [1.82, 2.24) is 16.0 Å². The van der Waals surface area contributed by atoms with E-state index in [-0.39, 0.29) is 12.8 Å². The van der Waals surface area contributed by atoms with Gasteiger partial charge in [-0.05, 0) is 12.3 Å². The molecule has 0 rings (SSSR count). The SMILES string of the molecule is CC(C)C(NC(=O)C(CC(N)=O)NC(=O)C(N)CC(=O)O)C(=O)NC(CCC(N)=O)C(=O)O. The molecule has 0 aromatic heterocycles. The number of carboxylic acids is 2. The number of hydrogen-bond acceptors (Lipinski definition) is 8. The van der Waals surface area contributed by atoms with E-state index in [1.54, 1.807) is 0 Å². The first-order chi connectivity index (χ1) is 15.1. The van der Waals surface area contributed by atoms with Crippen LogP contribution >= 0.6 is 0 Å². The second-order valence-electron chi connectivity index (χ2n) is 7.57. The van der Waals surface area contributed by atoms with Gasteiger partial charge in [0.1, 0.15) is 18.1 Å². The quantitative estimate of drug-likeness (QED) is 0.114. The van der Waals surface area contributed by atoms with Crippen molar-refractivity contribution in [3.8, 4) is 0 Å². The first kappa shape index (κ1) is 29.2. The smallest absolute Gasteiger partial charge is 0.326 e. The fraction of sp³-hybridized carbons (Fsp3) is 0.611. The van der Waals surface area contributed by atoms with E-state index in [0.29, 0.717) is 0 Å². The second kappa shape index (κ2) is 13.6. The molecule has 0 aliphatic heterocycles. The largest absolute Gasteiger partial charge is 0.481 e. The lowest BCUT2D eigenvalue weighted by molar-refractivity contribution is -0.143. The van der Waals surface area contributed by atoms with Crippen LogP contribution in [-0.4, -0.2) is 75.9 Å². The fourth-order valence-electron chi connectivity index (χ4n) is 2.56.